The quantitative estimate of drug-likeness (QED) is 0.297. The van der Waals surface area contributed by atoms with Gasteiger partial charge >= 0.3 is 0 Å². The Morgan fingerprint density at radius 2 is 1.89 bits per heavy atom. The maximum absolute atomic E-state index is 14.2. The monoisotopic (exact) mass is 525 g/mol. The summed E-state index contributed by atoms with van der Waals surface area (Å²) in [6, 6.07) is 3.33. The summed E-state index contributed by atoms with van der Waals surface area (Å²) in [5.41, 5.74) is 7.52. The molecule has 4 rings (SSSR count). The molecule has 0 radical (unpaired) electrons. The van der Waals surface area contributed by atoms with Crippen LogP contribution >= 0.6 is 11.6 Å². The lowest BCUT2D eigenvalue weighted by atomic mass is 10.0. The second kappa shape index (κ2) is 10.6. The average molecular weight is 526 g/mol. The highest BCUT2D eigenvalue weighted by Gasteiger charge is 2.22. The molecule has 0 unspecified atom stereocenters. The topological polar surface area (TPSA) is 130 Å². The number of nitrogens with one attached hydrogen (secondary N) is 1. The van der Waals surface area contributed by atoms with Crippen LogP contribution in [0.2, 0.25) is 5.15 Å². The van der Waals surface area contributed by atoms with Crippen molar-refractivity contribution in [3.63, 3.8) is 0 Å². The fourth-order valence-corrected chi connectivity index (χ4v) is 3.88. The van der Waals surface area contributed by atoms with Crippen molar-refractivity contribution in [1.29, 1.82) is 0 Å². The first-order valence-corrected chi connectivity index (χ1v) is 12.1. The summed E-state index contributed by atoms with van der Waals surface area (Å²) < 4.78 is 22.0. The van der Waals surface area contributed by atoms with E-state index in [4.69, 9.17) is 22.1 Å². The maximum atomic E-state index is 14.2. The molecule has 0 aliphatic rings. The van der Waals surface area contributed by atoms with Crippen LogP contribution in [0, 0.1) is 6.92 Å². The molecule has 0 fully saturated rings. The Kier molecular flexibility index (Phi) is 7.53. The third-order valence-electron chi connectivity index (χ3n) is 5.71. The van der Waals surface area contributed by atoms with Gasteiger partial charge in [-0.25, -0.2) is 34.0 Å². The largest absolute Gasteiger partial charge is 0.477 e. The smallest absolute Gasteiger partial charge is 0.223 e. The van der Waals surface area contributed by atoms with E-state index >= 15 is 0 Å². The van der Waals surface area contributed by atoms with Crippen molar-refractivity contribution in [3.05, 3.63) is 53.3 Å². The second-order valence-electron chi connectivity index (χ2n) is 9.20. The number of nitrogens with zero attached hydrogens (tertiary/aromatic N) is 7. The Morgan fingerprint density at radius 3 is 2.57 bits per heavy atom. The highest BCUT2D eigenvalue weighted by Crippen LogP contribution is 2.32. The minimum absolute atomic E-state index is 0.0114. The normalized spacial score (nSPS) is 12.4. The number of alkyl halides is 1. The average Bonchev–Trinajstić information content (AvgIpc) is 3.11. The summed E-state index contributed by atoms with van der Waals surface area (Å²) in [5.74, 6) is 1.81. The van der Waals surface area contributed by atoms with Gasteiger partial charge in [0.1, 0.15) is 22.2 Å². The molecule has 0 bridgehead atoms. The van der Waals surface area contributed by atoms with Gasteiger partial charge in [-0.2, -0.15) is 5.10 Å². The number of nitrogen functional groups attached to an aromatic ring is 1. The number of aromatic nitrogens is 7. The molecule has 1 atom stereocenters. The van der Waals surface area contributed by atoms with Crippen molar-refractivity contribution >= 4 is 23.1 Å². The molecule has 0 spiro atoms. The van der Waals surface area contributed by atoms with Crippen molar-refractivity contribution in [3.8, 4) is 28.7 Å². The molecule has 37 heavy (non-hydrogen) atoms. The molecule has 12 heteroatoms. The highest BCUT2D eigenvalue weighted by molar-refractivity contribution is 6.29. The fourth-order valence-electron chi connectivity index (χ4n) is 3.72. The van der Waals surface area contributed by atoms with E-state index in [0.29, 0.717) is 63.9 Å². The van der Waals surface area contributed by atoms with Crippen molar-refractivity contribution in [2.24, 2.45) is 7.05 Å². The van der Waals surface area contributed by atoms with Gasteiger partial charge in [-0.15, -0.1) is 0 Å². The Hall–Kier alpha value is -3.86. The minimum Gasteiger partial charge on any atom is -0.477 e. The Labute approximate surface area is 219 Å². The van der Waals surface area contributed by atoms with Crippen LogP contribution in [0.4, 0.5) is 15.9 Å². The minimum atomic E-state index is -1.53. The summed E-state index contributed by atoms with van der Waals surface area (Å²) in [6.07, 6.45) is 6.81. The van der Waals surface area contributed by atoms with Gasteiger partial charge in [0.25, 0.3) is 0 Å². The number of hydrogen-bond donors (Lipinski definition) is 2. The number of nitrogens with two attached hydrogens (primary N) is 1. The molecular formula is C25H29ClFN9O. The van der Waals surface area contributed by atoms with E-state index in [1.165, 1.54) is 26.2 Å². The summed E-state index contributed by atoms with van der Waals surface area (Å²) in [6.45, 7) is 7.21. The van der Waals surface area contributed by atoms with Gasteiger partial charge in [-0.3, -0.25) is 0 Å². The molecule has 10 nitrogen and oxygen atoms in total. The number of anilines is 2. The van der Waals surface area contributed by atoms with Crippen LogP contribution < -0.4 is 15.8 Å². The van der Waals surface area contributed by atoms with Crippen molar-refractivity contribution in [1.82, 2.24) is 34.7 Å². The maximum Gasteiger partial charge on any atom is 0.223 e. The Balaban J connectivity index is 1.46. The molecule has 0 aromatic carbocycles. The van der Waals surface area contributed by atoms with Gasteiger partial charge < -0.3 is 15.8 Å². The molecule has 0 aliphatic heterocycles. The van der Waals surface area contributed by atoms with Crippen LogP contribution in [-0.4, -0.2) is 47.3 Å². The molecule has 0 saturated heterocycles. The van der Waals surface area contributed by atoms with Crippen LogP contribution in [0.15, 0.2) is 36.9 Å². The van der Waals surface area contributed by atoms with Gasteiger partial charge in [0, 0.05) is 49.9 Å². The first-order chi connectivity index (χ1) is 17.5. The number of rotatable bonds is 9. The zero-order chi connectivity index (χ0) is 26.7. The van der Waals surface area contributed by atoms with Gasteiger partial charge in [-0.1, -0.05) is 11.6 Å². The van der Waals surface area contributed by atoms with E-state index in [9.17, 15) is 4.39 Å². The van der Waals surface area contributed by atoms with Crippen molar-refractivity contribution in [2.45, 2.75) is 45.8 Å². The van der Waals surface area contributed by atoms with Crippen LogP contribution in [0.25, 0.3) is 22.8 Å². The SMILES string of the molecule is Cc1nn(C)c(OCC[C@H](C)Nc2cc(Cl)ncc2-c2ncc(C(C)(C)F)cn2)c1-c1nccc(N)n1. The van der Waals surface area contributed by atoms with E-state index in [0.717, 1.165) is 5.69 Å². The lowest BCUT2D eigenvalue weighted by Gasteiger charge is -2.19. The first-order valence-electron chi connectivity index (χ1n) is 11.7. The van der Waals surface area contributed by atoms with E-state index in [-0.39, 0.29) is 6.04 Å². The predicted molar refractivity (Wildman–Crippen MR) is 141 cm³/mol. The third-order valence-corrected chi connectivity index (χ3v) is 5.92. The summed E-state index contributed by atoms with van der Waals surface area (Å²) in [5, 5.41) is 8.21. The zero-order valence-electron chi connectivity index (χ0n) is 21.3. The predicted octanol–water partition coefficient (Wildman–Crippen LogP) is 4.75. The fraction of sp³-hybridized carbons (Fsp3) is 0.360. The standard InChI is InChI=1S/C25H29ClFN9O/c1-14(7-9-37-24-21(15(2)35-36(24)5)23-29-8-6-20(28)34-23)33-18-10-19(26)30-13-17(18)22-31-11-16(12-32-22)25(3,4)27/h6,8,10-14H,7,9H2,1-5H3,(H,30,33)(H2,28,29,34)/t14-/m0/s1. The van der Waals surface area contributed by atoms with Crippen LogP contribution in [0.5, 0.6) is 5.88 Å². The van der Waals surface area contributed by atoms with Crippen LogP contribution in [0.3, 0.4) is 0 Å². The zero-order valence-corrected chi connectivity index (χ0v) is 22.1. The van der Waals surface area contributed by atoms with Gasteiger partial charge in [0.15, 0.2) is 11.6 Å². The molecule has 3 N–H and O–H groups in total. The Bertz CT molecular complexity index is 1390. The molecule has 4 heterocycles. The Morgan fingerprint density at radius 1 is 1.16 bits per heavy atom. The highest BCUT2D eigenvalue weighted by atomic mass is 35.5. The third kappa shape index (κ3) is 6.11. The van der Waals surface area contributed by atoms with E-state index in [2.05, 4.69) is 35.3 Å². The molecule has 194 valence electrons. The van der Waals surface area contributed by atoms with E-state index in [1.54, 1.807) is 36.3 Å². The number of aryl methyl sites for hydroxylation is 2. The summed E-state index contributed by atoms with van der Waals surface area (Å²) in [4.78, 5) is 21.5. The molecule has 4 aromatic rings. The summed E-state index contributed by atoms with van der Waals surface area (Å²) in [7, 11) is 1.81. The van der Waals surface area contributed by atoms with Gasteiger partial charge in [0.2, 0.25) is 5.88 Å². The number of ether oxygens (including phenoxy) is 1. The molecule has 0 amide bonds. The van der Waals surface area contributed by atoms with Gasteiger partial charge in [-0.05, 0) is 39.8 Å². The van der Waals surface area contributed by atoms with Crippen LogP contribution in [-0.2, 0) is 12.7 Å². The molecular weight excluding hydrogens is 497 g/mol. The molecule has 0 aliphatic carbocycles. The number of halogens is 2. The van der Waals surface area contributed by atoms with Crippen LogP contribution in [0.1, 0.15) is 38.4 Å². The number of hydrogen-bond acceptors (Lipinski definition) is 9. The van der Waals surface area contributed by atoms with E-state index in [1.807, 2.05) is 13.8 Å². The summed E-state index contributed by atoms with van der Waals surface area (Å²) >= 11 is 6.17. The van der Waals surface area contributed by atoms with Gasteiger partial charge in [0.05, 0.1) is 23.6 Å². The molecule has 0 saturated carbocycles. The van der Waals surface area contributed by atoms with Crippen molar-refractivity contribution < 1.29 is 9.13 Å². The van der Waals surface area contributed by atoms with E-state index < -0.39 is 5.67 Å². The first kappa shape index (κ1) is 26.2. The molecule has 4 aromatic heterocycles. The lowest BCUT2D eigenvalue weighted by molar-refractivity contribution is 0.220. The second-order valence-corrected chi connectivity index (χ2v) is 9.58. The lowest BCUT2D eigenvalue weighted by Crippen LogP contribution is -2.20. The number of pyridine rings is 1. The van der Waals surface area contributed by atoms with Crippen molar-refractivity contribution in [2.75, 3.05) is 17.7 Å².